The zero-order chi connectivity index (χ0) is 18.1. The Balaban J connectivity index is 1.57. The molecule has 0 bridgehead atoms. The maximum absolute atomic E-state index is 12.6. The number of thioether (sulfide) groups is 1. The fraction of sp³-hybridized carbons (Fsp3) is 0.389. The first-order chi connectivity index (χ1) is 12.7. The average molecular weight is 401 g/mol. The van der Waals surface area contributed by atoms with Crippen molar-refractivity contribution in [2.75, 3.05) is 5.75 Å². The number of carbonyl (C=O) groups excluding carboxylic acids is 1. The van der Waals surface area contributed by atoms with Gasteiger partial charge in [-0.05, 0) is 38.2 Å². The number of hydrogen-bond donors (Lipinski definition) is 0. The van der Waals surface area contributed by atoms with Crippen LogP contribution in [-0.2, 0) is 17.6 Å². The molecule has 4 rings (SSSR count). The zero-order valence-corrected chi connectivity index (χ0v) is 16.6. The summed E-state index contributed by atoms with van der Waals surface area (Å²) in [4.78, 5) is 28.2. The molecule has 0 saturated heterocycles. The highest BCUT2D eigenvalue weighted by molar-refractivity contribution is 8.00. The third-order valence-electron chi connectivity index (χ3n) is 4.40. The van der Waals surface area contributed by atoms with Gasteiger partial charge in [0, 0.05) is 21.3 Å². The Morgan fingerprint density at radius 3 is 3.00 bits per heavy atom. The van der Waals surface area contributed by atoms with Gasteiger partial charge in [0.25, 0.3) is 0 Å². The summed E-state index contributed by atoms with van der Waals surface area (Å²) in [6, 6.07) is 2.10. The van der Waals surface area contributed by atoms with Crippen LogP contribution in [0.4, 0.5) is 0 Å². The number of hydrogen-bond acceptors (Lipinski definition) is 8. The lowest BCUT2D eigenvalue weighted by molar-refractivity contribution is -0.116. The van der Waals surface area contributed by atoms with E-state index in [1.54, 1.807) is 17.7 Å². The first-order valence-corrected chi connectivity index (χ1v) is 11.1. The van der Waals surface area contributed by atoms with Gasteiger partial charge in [-0.2, -0.15) is 5.26 Å². The molecule has 0 radical (unpaired) electrons. The van der Waals surface area contributed by atoms with Crippen LogP contribution in [0.1, 0.15) is 39.9 Å². The summed E-state index contributed by atoms with van der Waals surface area (Å²) in [6.07, 6.45) is 6.16. The number of thiophene rings is 1. The van der Waals surface area contributed by atoms with Gasteiger partial charge in [-0.3, -0.25) is 4.79 Å². The molecular formula is C18H16N4OS3. The predicted molar refractivity (Wildman–Crippen MR) is 105 cm³/mol. The van der Waals surface area contributed by atoms with E-state index in [0.29, 0.717) is 5.01 Å². The molecular weight excluding hydrogens is 384 g/mol. The van der Waals surface area contributed by atoms with E-state index >= 15 is 0 Å². The van der Waals surface area contributed by atoms with E-state index in [0.717, 1.165) is 33.8 Å². The summed E-state index contributed by atoms with van der Waals surface area (Å²) in [6.45, 7) is 1.87. The summed E-state index contributed by atoms with van der Waals surface area (Å²) in [7, 11) is 0. The van der Waals surface area contributed by atoms with Crippen molar-refractivity contribution >= 4 is 50.4 Å². The Kier molecular flexibility index (Phi) is 5.02. The molecule has 0 saturated carbocycles. The van der Waals surface area contributed by atoms with Gasteiger partial charge < -0.3 is 0 Å². The van der Waals surface area contributed by atoms with Gasteiger partial charge in [0.05, 0.1) is 11.8 Å². The van der Waals surface area contributed by atoms with Gasteiger partial charge >= 0.3 is 0 Å². The van der Waals surface area contributed by atoms with Crippen molar-refractivity contribution in [1.29, 1.82) is 5.26 Å². The van der Waals surface area contributed by atoms with Crippen LogP contribution in [0.5, 0.6) is 0 Å². The highest BCUT2D eigenvalue weighted by Gasteiger charge is 2.25. The fourth-order valence-electron chi connectivity index (χ4n) is 3.16. The van der Waals surface area contributed by atoms with Crippen molar-refractivity contribution < 1.29 is 4.79 Å². The minimum atomic E-state index is -0.796. The fourth-order valence-corrected chi connectivity index (χ4v) is 6.25. The molecule has 1 aliphatic rings. The zero-order valence-electron chi connectivity index (χ0n) is 14.2. The van der Waals surface area contributed by atoms with Crippen LogP contribution >= 0.6 is 34.4 Å². The van der Waals surface area contributed by atoms with Crippen LogP contribution in [0.2, 0.25) is 0 Å². The topological polar surface area (TPSA) is 79.5 Å². The van der Waals surface area contributed by atoms with Gasteiger partial charge in [-0.25, -0.2) is 15.0 Å². The summed E-state index contributed by atoms with van der Waals surface area (Å²) < 4.78 is 0. The molecule has 132 valence electrons. The lowest BCUT2D eigenvalue weighted by Gasteiger charge is -2.11. The second-order valence-electron chi connectivity index (χ2n) is 6.21. The molecule has 1 atom stereocenters. The van der Waals surface area contributed by atoms with Crippen molar-refractivity contribution in [3.8, 4) is 6.07 Å². The van der Waals surface area contributed by atoms with E-state index in [4.69, 9.17) is 0 Å². The number of nitrogens with zero attached hydrogens (tertiary/aromatic N) is 4. The van der Waals surface area contributed by atoms with Crippen molar-refractivity contribution in [2.45, 2.75) is 43.6 Å². The number of rotatable bonds is 5. The Bertz CT molecular complexity index is 1020. The monoisotopic (exact) mass is 400 g/mol. The van der Waals surface area contributed by atoms with E-state index in [1.165, 1.54) is 46.4 Å². The number of aromatic nitrogens is 3. The largest absolute Gasteiger partial charge is 0.297 e. The summed E-state index contributed by atoms with van der Waals surface area (Å²) in [5.41, 5.74) is 2.20. The maximum atomic E-state index is 12.6. The van der Waals surface area contributed by atoms with Crippen molar-refractivity contribution in [3.63, 3.8) is 0 Å². The predicted octanol–water partition coefficient (Wildman–Crippen LogP) is 4.30. The second-order valence-corrected chi connectivity index (χ2v) is 9.15. The molecule has 1 aliphatic carbocycles. The van der Waals surface area contributed by atoms with Crippen LogP contribution in [0.3, 0.4) is 0 Å². The standard InChI is InChI=1S/C18H16N4OS3/c1-10-7-24-16(22-10)12(6-19)13(23)8-25-17-15-11-4-2-3-5-14(11)26-18(15)21-9-20-17/h7,9,12H,2-5,8H2,1H3/t12-/m0/s1. The molecule has 0 spiro atoms. The Morgan fingerprint density at radius 2 is 2.23 bits per heavy atom. The van der Waals surface area contributed by atoms with E-state index in [9.17, 15) is 10.1 Å². The second kappa shape index (κ2) is 7.43. The molecule has 26 heavy (non-hydrogen) atoms. The van der Waals surface area contributed by atoms with Crippen molar-refractivity contribution in [2.24, 2.45) is 0 Å². The first-order valence-electron chi connectivity index (χ1n) is 8.39. The molecule has 3 heterocycles. The number of ketones is 1. The van der Waals surface area contributed by atoms with E-state index in [2.05, 4.69) is 21.0 Å². The highest BCUT2D eigenvalue weighted by atomic mass is 32.2. The molecule has 0 aromatic carbocycles. The smallest absolute Gasteiger partial charge is 0.167 e. The molecule has 3 aromatic rings. The van der Waals surface area contributed by atoms with Crippen molar-refractivity contribution in [1.82, 2.24) is 15.0 Å². The van der Waals surface area contributed by atoms with Crippen LogP contribution < -0.4 is 0 Å². The summed E-state index contributed by atoms with van der Waals surface area (Å²) >= 11 is 4.53. The Labute approximate surface area is 163 Å². The van der Waals surface area contributed by atoms with Gasteiger partial charge in [0.15, 0.2) is 11.7 Å². The van der Waals surface area contributed by atoms with Crippen molar-refractivity contribution in [3.05, 3.63) is 32.8 Å². The number of thiazole rings is 1. The van der Waals surface area contributed by atoms with E-state index in [1.807, 2.05) is 12.3 Å². The van der Waals surface area contributed by atoms with Crippen LogP contribution in [-0.4, -0.2) is 26.5 Å². The van der Waals surface area contributed by atoms with Gasteiger partial charge in [-0.15, -0.1) is 22.7 Å². The van der Waals surface area contributed by atoms with E-state index < -0.39 is 5.92 Å². The Morgan fingerprint density at radius 1 is 1.38 bits per heavy atom. The number of aryl methyl sites for hydroxylation is 3. The van der Waals surface area contributed by atoms with Crippen LogP contribution in [0, 0.1) is 18.3 Å². The van der Waals surface area contributed by atoms with Crippen LogP contribution in [0.15, 0.2) is 16.7 Å². The Hall–Kier alpha value is -1.82. The van der Waals surface area contributed by atoms with Gasteiger partial charge in [0.2, 0.25) is 0 Å². The number of fused-ring (bicyclic) bond motifs is 3. The minimum absolute atomic E-state index is 0.122. The molecule has 8 heteroatoms. The third-order valence-corrected chi connectivity index (χ3v) is 7.64. The minimum Gasteiger partial charge on any atom is -0.297 e. The molecule has 0 unspecified atom stereocenters. The number of Topliss-reactive ketones (excluding diaryl/α,β-unsaturated/α-hetero) is 1. The van der Waals surface area contributed by atoms with Gasteiger partial charge in [-0.1, -0.05) is 11.8 Å². The highest BCUT2D eigenvalue weighted by Crippen LogP contribution is 2.39. The summed E-state index contributed by atoms with van der Waals surface area (Å²) in [5, 5.41) is 13.8. The van der Waals surface area contributed by atoms with Gasteiger partial charge in [0.1, 0.15) is 21.2 Å². The lowest BCUT2D eigenvalue weighted by atomic mass is 9.97. The molecule has 3 aromatic heterocycles. The SMILES string of the molecule is Cc1csc([C@@H](C#N)C(=O)CSc2ncnc3sc4c(c23)CCCC4)n1. The molecule has 0 fully saturated rings. The normalized spacial score (nSPS) is 14.8. The van der Waals surface area contributed by atoms with E-state index in [-0.39, 0.29) is 11.5 Å². The number of carbonyl (C=O) groups is 1. The molecule has 5 nitrogen and oxygen atoms in total. The number of nitriles is 1. The quantitative estimate of drug-likeness (QED) is 0.469. The molecule has 0 amide bonds. The first kappa shape index (κ1) is 17.6. The average Bonchev–Trinajstić information content (AvgIpc) is 3.24. The molecule has 0 N–H and O–H groups in total. The lowest BCUT2D eigenvalue weighted by Crippen LogP contribution is -2.13. The third kappa shape index (κ3) is 3.27. The van der Waals surface area contributed by atoms with Crippen LogP contribution in [0.25, 0.3) is 10.2 Å². The molecule has 0 aliphatic heterocycles. The maximum Gasteiger partial charge on any atom is 0.167 e. The summed E-state index contributed by atoms with van der Waals surface area (Å²) in [5.74, 6) is -0.703.